The zero-order valence-corrected chi connectivity index (χ0v) is 11.9. The monoisotopic (exact) mass is 271 g/mol. The summed E-state index contributed by atoms with van der Waals surface area (Å²) in [5.41, 5.74) is 8.20. The summed E-state index contributed by atoms with van der Waals surface area (Å²) in [5, 5.41) is 1.15. The molecule has 0 amide bonds. The number of hydrogen-bond acceptors (Lipinski definition) is 4. The van der Waals surface area contributed by atoms with Gasteiger partial charge in [-0.15, -0.1) is 0 Å². The highest BCUT2D eigenvalue weighted by Gasteiger charge is 2.22. The third kappa shape index (κ3) is 2.62. The first-order chi connectivity index (χ1) is 9.78. The van der Waals surface area contributed by atoms with Gasteiger partial charge in [0.15, 0.2) is 0 Å². The minimum Gasteiger partial charge on any atom is -0.383 e. The van der Waals surface area contributed by atoms with Crippen molar-refractivity contribution in [2.75, 3.05) is 25.5 Å². The first-order valence-corrected chi connectivity index (χ1v) is 7.24. The highest BCUT2D eigenvalue weighted by molar-refractivity contribution is 5.81. The van der Waals surface area contributed by atoms with Crippen LogP contribution in [0.2, 0.25) is 0 Å². The summed E-state index contributed by atoms with van der Waals surface area (Å²) in [6, 6.07) is 10.8. The maximum atomic E-state index is 6.12. The minimum atomic E-state index is 0.481. The number of morpholine rings is 1. The summed E-state index contributed by atoms with van der Waals surface area (Å²) in [6.45, 7) is 5.64. The molecule has 1 fully saturated rings. The van der Waals surface area contributed by atoms with Crippen molar-refractivity contribution in [1.29, 1.82) is 0 Å². The van der Waals surface area contributed by atoms with Gasteiger partial charge < -0.3 is 10.5 Å². The van der Waals surface area contributed by atoms with Crippen LogP contribution in [0.15, 0.2) is 30.3 Å². The average molecular weight is 271 g/mol. The quantitative estimate of drug-likeness (QED) is 0.931. The topological polar surface area (TPSA) is 51.4 Å². The number of ether oxygens (including phenoxy) is 1. The van der Waals surface area contributed by atoms with Crippen molar-refractivity contribution < 1.29 is 4.74 Å². The van der Waals surface area contributed by atoms with E-state index in [0.717, 1.165) is 49.2 Å². The molecule has 0 radical (unpaired) electrons. The molecule has 0 saturated carbocycles. The number of pyridine rings is 1. The second kappa shape index (κ2) is 5.77. The molecule has 20 heavy (non-hydrogen) atoms. The first-order valence-electron chi connectivity index (χ1n) is 7.24. The summed E-state index contributed by atoms with van der Waals surface area (Å²) < 4.78 is 5.55. The molecule has 4 nitrogen and oxygen atoms in total. The van der Waals surface area contributed by atoms with E-state index < -0.39 is 0 Å². The van der Waals surface area contributed by atoms with Crippen LogP contribution in [0, 0.1) is 0 Å². The van der Waals surface area contributed by atoms with E-state index in [9.17, 15) is 0 Å². The molecule has 3 rings (SSSR count). The number of hydrogen-bond donors (Lipinski definition) is 1. The molecule has 1 aromatic carbocycles. The van der Waals surface area contributed by atoms with Crippen LogP contribution in [-0.4, -0.2) is 35.7 Å². The molecule has 2 N–H and O–H groups in total. The van der Waals surface area contributed by atoms with Crippen LogP contribution in [0.25, 0.3) is 10.9 Å². The number of rotatable bonds is 3. The first kappa shape index (κ1) is 13.3. The van der Waals surface area contributed by atoms with Gasteiger partial charge >= 0.3 is 0 Å². The lowest BCUT2D eigenvalue weighted by Crippen LogP contribution is -2.44. The Hall–Kier alpha value is -1.65. The van der Waals surface area contributed by atoms with E-state index in [-0.39, 0.29) is 0 Å². The largest absolute Gasteiger partial charge is 0.383 e. The molecule has 0 spiro atoms. The summed E-state index contributed by atoms with van der Waals surface area (Å²) in [5.74, 6) is 0.644. The lowest BCUT2D eigenvalue weighted by Gasteiger charge is -2.35. The Morgan fingerprint density at radius 2 is 2.25 bits per heavy atom. The SMILES string of the molecule is CCC1COCCN1Cc1cc2ccccc2nc1N. The number of nitrogens with zero attached hydrogens (tertiary/aromatic N) is 2. The van der Waals surface area contributed by atoms with Crippen LogP contribution >= 0.6 is 0 Å². The van der Waals surface area contributed by atoms with E-state index in [0.29, 0.717) is 11.9 Å². The molecule has 1 aromatic heterocycles. The summed E-state index contributed by atoms with van der Waals surface area (Å²) in [4.78, 5) is 6.96. The highest BCUT2D eigenvalue weighted by Crippen LogP contribution is 2.22. The summed E-state index contributed by atoms with van der Waals surface area (Å²) in [6.07, 6.45) is 1.10. The molecule has 1 aliphatic rings. The third-order valence-electron chi connectivity index (χ3n) is 4.03. The molecular formula is C16H21N3O. The molecule has 106 valence electrons. The van der Waals surface area contributed by atoms with Gasteiger partial charge in [0.1, 0.15) is 5.82 Å². The van der Waals surface area contributed by atoms with Crippen LogP contribution in [0.4, 0.5) is 5.82 Å². The van der Waals surface area contributed by atoms with Gasteiger partial charge in [-0.1, -0.05) is 25.1 Å². The predicted molar refractivity (Wildman–Crippen MR) is 81.5 cm³/mol. The van der Waals surface area contributed by atoms with Gasteiger partial charge in [0.05, 0.1) is 18.7 Å². The Morgan fingerprint density at radius 1 is 1.40 bits per heavy atom. The molecule has 1 unspecified atom stereocenters. The van der Waals surface area contributed by atoms with Gasteiger partial charge in [-0.2, -0.15) is 0 Å². The van der Waals surface area contributed by atoms with Gasteiger partial charge in [0.25, 0.3) is 0 Å². The smallest absolute Gasteiger partial charge is 0.128 e. The number of aromatic nitrogens is 1. The second-order valence-electron chi connectivity index (χ2n) is 5.33. The number of nitrogen functional groups attached to an aromatic ring is 1. The van der Waals surface area contributed by atoms with Crippen LogP contribution < -0.4 is 5.73 Å². The van der Waals surface area contributed by atoms with Gasteiger partial charge in [0, 0.05) is 30.1 Å². The van der Waals surface area contributed by atoms with Gasteiger partial charge in [-0.25, -0.2) is 4.98 Å². The zero-order chi connectivity index (χ0) is 13.9. The molecule has 1 aliphatic heterocycles. The highest BCUT2D eigenvalue weighted by atomic mass is 16.5. The van der Waals surface area contributed by atoms with E-state index in [1.807, 2.05) is 18.2 Å². The summed E-state index contributed by atoms with van der Waals surface area (Å²) in [7, 11) is 0. The Morgan fingerprint density at radius 3 is 3.10 bits per heavy atom. The molecule has 1 saturated heterocycles. The van der Waals surface area contributed by atoms with Crippen LogP contribution in [0.1, 0.15) is 18.9 Å². The maximum absolute atomic E-state index is 6.12. The fraction of sp³-hybridized carbons (Fsp3) is 0.438. The standard InChI is InChI=1S/C16H21N3O/c1-2-14-11-20-8-7-19(14)10-13-9-12-5-3-4-6-15(12)18-16(13)17/h3-6,9,14H,2,7-8,10-11H2,1H3,(H2,17,18). The Labute approximate surface area is 119 Å². The molecule has 2 aromatic rings. The van der Waals surface area contributed by atoms with E-state index in [2.05, 4.69) is 28.9 Å². The number of benzene rings is 1. The number of para-hydroxylation sites is 1. The van der Waals surface area contributed by atoms with Crippen molar-refractivity contribution in [2.24, 2.45) is 0 Å². The van der Waals surface area contributed by atoms with E-state index in [1.165, 1.54) is 0 Å². The zero-order valence-electron chi connectivity index (χ0n) is 11.9. The third-order valence-corrected chi connectivity index (χ3v) is 4.03. The van der Waals surface area contributed by atoms with Crippen molar-refractivity contribution in [1.82, 2.24) is 9.88 Å². The number of anilines is 1. The molecule has 1 atom stereocenters. The van der Waals surface area contributed by atoms with E-state index in [1.54, 1.807) is 0 Å². The van der Waals surface area contributed by atoms with E-state index >= 15 is 0 Å². The normalized spacial score (nSPS) is 20.4. The van der Waals surface area contributed by atoms with Crippen LogP contribution in [0.5, 0.6) is 0 Å². The maximum Gasteiger partial charge on any atom is 0.128 e. The van der Waals surface area contributed by atoms with Crippen molar-refractivity contribution in [3.8, 4) is 0 Å². The molecule has 2 heterocycles. The lowest BCUT2D eigenvalue weighted by atomic mass is 10.1. The second-order valence-corrected chi connectivity index (χ2v) is 5.33. The molecule has 0 bridgehead atoms. The molecule has 4 heteroatoms. The van der Waals surface area contributed by atoms with Gasteiger partial charge in [-0.05, 0) is 18.6 Å². The van der Waals surface area contributed by atoms with Crippen molar-refractivity contribution in [3.63, 3.8) is 0 Å². The number of fused-ring (bicyclic) bond motifs is 1. The van der Waals surface area contributed by atoms with Crippen molar-refractivity contribution >= 4 is 16.7 Å². The number of nitrogens with two attached hydrogens (primary N) is 1. The van der Waals surface area contributed by atoms with Crippen molar-refractivity contribution in [3.05, 3.63) is 35.9 Å². The van der Waals surface area contributed by atoms with E-state index in [4.69, 9.17) is 10.5 Å². The van der Waals surface area contributed by atoms with Crippen molar-refractivity contribution in [2.45, 2.75) is 25.9 Å². The Kier molecular flexibility index (Phi) is 3.85. The molecule has 0 aliphatic carbocycles. The van der Waals surface area contributed by atoms with Gasteiger partial charge in [-0.3, -0.25) is 4.90 Å². The van der Waals surface area contributed by atoms with Gasteiger partial charge in [0.2, 0.25) is 0 Å². The lowest BCUT2D eigenvalue weighted by molar-refractivity contribution is -0.0126. The van der Waals surface area contributed by atoms with Crippen LogP contribution in [-0.2, 0) is 11.3 Å². The Balaban J connectivity index is 1.87. The minimum absolute atomic E-state index is 0.481. The molecular weight excluding hydrogens is 250 g/mol. The van der Waals surface area contributed by atoms with Crippen LogP contribution in [0.3, 0.4) is 0 Å². The Bertz CT molecular complexity index is 599. The average Bonchev–Trinajstić information content (AvgIpc) is 2.48. The predicted octanol–water partition coefficient (Wildman–Crippen LogP) is 2.43. The summed E-state index contributed by atoms with van der Waals surface area (Å²) >= 11 is 0. The fourth-order valence-electron chi connectivity index (χ4n) is 2.79. The fourth-order valence-corrected chi connectivity index (χ4v) is 2.79.